The first-order valence-corrected chi connectivity index (χ1v) is 7.11. The van der Waals surface area contributed by atoms with Gasteiger partial charge in [0.05, 0.1) is 0 Å². The van der Waals surface area contributed by atoms with Gasteiger partial charge >= 0.3 is 0 Å². The summed E-state index contributed by atoms with van der Waals surface area (Å²) in [5, 5.41) is 0. The topological polar surface area (TPSA) is 12.9 Å². The zero-order valence-corrected chi connectivity index (χ0v) is 14.0. The van der Waals surface area contributed by atoms with Crippen LogP contribution in [0.4, 0.5) is 0 Å². The van der Waals surface area contributed by atoms with Crippen LogP contribution in [0.15, 0.2) is 45.3 Å². The highest BCUT2D eigenvalue weighted by atomic mass is 79.9. The van der Waals surface area contributed by atoms with Crippen LogP contribution < -0.4 is 17.0 Å². The molecule has 0 aliphatic carbocycles. The molecule has 1 heterocycles. The highest BCUT2D eigenvalue weighted by Crippen LogP contribution is 2.29. The lowest BCUT2D eigenvalue weighted by molar-refractivity contribution is -0.00000280. The third-order valence-electron chi connectivity index (χ3n) is 2.30. The van der Waals surface area contributed by atoms with Crippen molar-refractivity contribution in [2.24, 2.45) is 0 Å². The molecule has 0 radical (unpaired) electrons. The van der Waals surface area contributed by atoms with Crippen molar-refractivity contribution >= 4 is 63.6 Å². The average Bonchev–Trinajstić information content (AvgIpc) is 2.26. The average molecular weight is 436 g/mol. The Morgan fingerprint density at radius 1 is 0.824 bits per heavy atom. The van der Waals surface area contributed by atoms with Gasteiger partial charge in [-0.25, -0.2) is 4.98 Å². The third-order valence-corrected chi connectivity index (χ3v) is 4.38. The van der Waals surface area contributed by atoms with Gasteiger partial charge in [-0.2, -0.15) is 0 Å². The number of hydrogen-bond donors (Lipinski definition) is 0. The van der Waals surface area contributed by atoms with Crippen LogP contribution in [0, 0.1) is 0 Å². The Bertz CT molecular complexity index is 643. The number of halogens is 3. The number of benzene rings is 2. The largest absolute Gasteiger partial charge is 1.00 e. The van der Waals surface area contributed by atoms with Crippen LogP contribution in [-0.4, -0.2) is 4.98 Å². The molecule has 0 atom stereocenters. The summed E-state index contributed by atoms with van der Waals surface area (Å²) in [6.07, 6.45) is 0. The SMILES string of the molecule is Brc1ccc2nc3ccc(Br)cc3[s+]c2c1.[Br-]. The number of aromatic nitrogens is 1. The maximum Gasteiger partial charge on any atom is 0.258 e. The fourth-order valence-corrected chi connectivity index (χ4v) is 3.64. The Balaban J connectivity index is 0.00000108. The first-order valence-electron chi connectivity index (χ1n) is 4.71. The van der Waals surface area contributed by atoms with Crippen LogP contribution >= 0.6 is 43.2 Å². The maximum absolute atomic E-state index is 4.63. The van der Waals surface area contributed by atoms with Gasteiger partial charge in [-0.1, -0.05) is 31.9 Å². The van der Waals surface area contributed by atoms with Crippen molar-refractivity contribution in [2.75, 3.05) is 0 Å². The molecule has 0 N–H and O–H groups in total. The fraction of sp³-hybridized carbons (Fsp3) is 0. The molecule has 3 aromatic rings. The number of fused-ring (bicyclic) bond motifs is 2. The summed E-state index contributed by atoms with van der Waals surface area (Å²) in [7, 11) is 0. The van der Waals surface area contributed by atoms with E-state index in [-0.39, 0.29) is 17.0 Å². The summed E-state index contributed by atoms with van der Waals surface area (Å²) in [5.74, 6) is 0. The normalized spacial score (nSPS) is 10.5. The van der Waals surface area contributed by atoms with Crippen molar-refractivity contribution in [3.8, 4) is 0 Å². The van der Waals surface area contributed by atoms with Gasteiger partial charge in [0.25, 0.3) is 9.40 Å². The smallest absolute Gasteiger partial charge is 0.258 e. The minimum atomic E-state index is 0. The lowest BCUT2D eigenvalue weighted by Crippen LogP contribution is -3.00. The summed E-state index contributed by atoms with van der Waals surface area (Å²) < 4.78 is 4.57. The molecule has 3 rings (SSSR count). The zero-order valence-electron chi connectivity index (χ0n) is 8.45. The number of hydrogen-bond acceptors (Lipinski definition) is 1. The third kappa shape index (κ3) is 2.67. The van der Waals surface area contributed by atoms with E-state index in [9.17, 15) is 0 Å². The van der Waals surface area contributed by atoms with Gasteiger partial charge in [-0.15, -0.1) is 0 Å². The molecule has 0 aliphatic rings. The molecular weight excluding hydrogens is 430 g/mol. The molecule has 0 bridgehead atoms. The summed E-state index contributed by atoms with van der Waals surface area (Å²) in [5.41, 5.74) is 2.09. The maximum atomic E-state index is 4.63. The molecular formula is C12H6Br3NS. The van der Waals surface area contributed by atoms with Gasteiger partial charge < -0.3 is 17.0 Å². The highest BCUT2D eigenvalue weighted by Gasteiger charge is 2.12. The Morgan fingerprint density at radius 3 is 1.76 bits per heavy atom. The first-order chi connectivity index (χ1) is 7.72. The van der Waals surface area contributed by atoms with Crippen molar-refractivity contribution in [1.82, 2.24) is 4.98 Å². The predicted molar refractivity (Wildman–Crippen MR) is 76.9 cm³/mol. The zero-order chi connectivity index (χ0) is 11.1. The summed E-state index contributed by atoms with van der Waals surface area (Å²) in [6.45, 7) is 0. The monoisotopic (exact) mass is 433 g/mol. The van der Waals surface area contributed by atoms with Gasteiger partial charge in [0.1, 0.15) is 11.0 Å². The molecule has 0 spiro atoms. The Labute approximate surface area is 130 Å². The molecule has 2 aromatic carbocycles. The molecule has 0 saturated heterocycles. The van der Waals surface area contributed by atoms with Crippen molar-refractivity contribution < 1.29 is 17.0 Å². The Hall–Kier alpha value is -0.100. The van der Waals surface area contributed by atoms with Crippen LogP contribution in [0.25, 0.3) is 20.4 Å². The molecule has 0 saturated carbocycles. The quantitative estimate of drug-likeness (QED) is 0.390. The molecule has 5 heteroatoms. The molecule has 0 amide bonds. The molecule has 17 heavy (non-hydrogen) atoms. The van der Waals surface area contributed by atoms with Crippen LogP contribution in [0.2, 0.25) is 0 Å². The van der Waals surface area contributed by atoms with E-state index < -0.39 is 0 Å². The second-order valence-electron chi connectivity index (χ2n) is 3.44. The fourth-order valence-electron chi connectivity index (χ4n) is 1.57. The number of rotatable bonds is 0. The van der Waals surface area contributed by atoms with Gasteiger partial charge in [0.2, 0.25) is 11.3 Å². The lowest BCUT2D eigenvalue weighted by atomic mass is 10.3. The van der Waals surface area contributed by atoms with Crippen LogP contribution in [-0.2, 0) is 0 Å². The minimum Gasteiger partial charge on any atom is -1.00 e. The van der Waals surface area contributed by atoms with E-state index in [1.165, 1.54) is 9.40 Å². The van der Waals surface area contributed by atoms with Crippen LogP contribution in [0.5, 0.6) is 0 Å². The summed E-state index contributed by atoms with van der Waals surface area (Å²) in [4.78, 5) is 4.63. The van der Waals surface area contributed by atoms with E-state index in [0.717, 1.165) is 20.0 Å². The van der Waals surface area contributed by atoms with Gasteiger partial charge in [-0.3, -0.25) is 0 Å². The van der Waals surface area contributed by atoms with Crippen molar-refractivity contribution in [1.29, 1.82) is 0 Å². The number of nitrogens with zero attached hydrogens (tertiary/aromatic N) is 1. The molecule has 0 unspecified atom stereocenters. The van der Waals surface area contributed by atoms with Gasteiger partial charge in [0.15, 0.2) is 0 Å². The molecule has 1 aromatic heterocycles. The van der Waals surface area contributed by atoms with E-state index in [1.54, 1.807) is 11.3 Å². The Kier molecular flexibility index (Phi) is 4.13. The van der Waals surface area contributed by atoms with Crippen LogP contribution in [0.1, 0.15) is 0 Å². The van der Waals surface area contributed by atoms with E-state index in [2.05, 4.69) is 49.0 Å². The summed E-state index contributed by atoms with van der Waals surface area (Å²) >= 11 is 8.72. The molecule has 86 valence electrons. The summed E-state index contributed by atoms with van der Waals surface area (Å²) in [6, 6.07) is 12.3. The van der Waals surface area contributed by atoms with Crippen molar-refractivity contribution in [3.05, 3.63) is 45.3 Å². The van der Waals surface area contributed by atoms with E-state index >= 15 is 0 Å². The van der Waals surface area contributed by atoms with Crippen LogP contribution in [0.3, 0.4) is 0 Å². The first kappa shape index (κ1) is 13.3. The van der Waals surface area contributed by atoms with E-state index in [0.29, 0.717) is 0 Å². The van der Waals surface area contributed by atoms with Crippen molar-refractivity contribution in [2.45, 2.75) is 0 Å². The lowest BCUT2D eigenvalue weighted by Gasteiger charge is -1.93. The predicted octanol–water partition coefficient (Wildman–Crippen LogP) is 2.26. The van der Waals surface area contributed by atoms with Crippen molar-refractivity contribution in [3.63, 3.8) is 0 Å². The minimum absolute atomic E-state index is 0. The second kappa shape index (κ2) is 5.26. The standard InChI is InChI=1S/C12H6Br2NS.BrH/c13-7-1-3-9-11(5-7)16-12-6-8(14)2-4-10(12)15-9;/h1-6H;1H/q+1;/p-1. The molecule has 0 aliphatic heterocycles. The highest BCUT2D eigenvalue weighted by molar-refractivity contribution is 9.10. The van der Waals surface area contributed by atoms with Gasteiger partial charge in [0, 0.05) is 21.1 Å². The molecule has 0 fully saturated rings. The Morgan fingerprint density at radius 2 is 1.29 bits per heavy atom. The van der Waals surface area contributed by atoms with Gasteiger partial charge in [-0.05, 0) is 24.3 Å². The van der Waals surface area contributed by atoms with E-state index in [4.69, 9.17) is 0 Å². The second-order valence-corrected chi connectivity index (χ2v) is 6.35. The molecule has 1 nitrogen and oxygen atoms in total. The van der Waals surface area contributed by atoms with E-state index in [1.807, 2.05) is 24.3 Å².